The van der Waals surface area contributed by atoms with E-state index in [4.69, 9.17) is 27.6 Å². The first kappa shape index (κ1) is 24.0. The van der Waals surface area contributed by atoms with Crippen molar-refractivity contribution in [2.24, 2.45) is 0 Å². The molecular formula is C27H25Cl2N3O2. The van der Waals surface area contributed by atoms with Crippen LogP contribution in [0.3, 0.4) is 0 Å². The lowest BCUT2D eigenvalue weighted by atomic mass is 10.1. The summed E-state index contributed by atoms with van der Waals surface area (Å²) in [7, 11) is 0. The van der Waals surface area contributed by atoms with Crippen molar-refractivity contribution in [3.05, 3.63) is 123 Å². The maximum absolute atomic E-state index is 12.6. The lowest BCUT2D eigenvalue weighted by Crippen LogP contribution is -2.27. The molecule has 5 nitrogen and oxygen atoms in total. The number of amides is 1. The van der Waals surface area contributed by atoms with E-state index in [0.29, 0.717) is 35.6 Å². The van der Waals surface area contributed by atoms with Crippen molar-refractivity contribution < 1.29 is 9.21 Å². The third-order valence-corrected chi connectivity index (χ3v) is 6.22. The minimum Gasteiger partial charge on any atom is -0.447 e. The van der Waals surface area contributed by atoms with Crippen molar-refractivity contribution in [2.75, 3.05) is 0 Å². The molecule has 0 bridgehead atoms. The van der Waals surface area contributed by atoms with E-state index in [9.17, 15) is 4.79 Å². The van der Waals surface area contributed by atoms with Crippen molar-refractivity contribution >= 4 is 29.1 Å². The quantitative estimate of drug-likeness (QED) is 0.282. The number of carbonyl (C=O) groups is 1. The Bertz CT molecular complexity index is 1230. The number of hydrogen-bond acceptors (Lipinski definition) is 4. The summed E-state index contributed by atoms with van der Waals surface area (Å²) in [6, 6.07) is 25.5. The molecule has 0 radical (unpaired) electrons. The van der Waals surface area contributed by atoms with Crippen LogP contribution in [0.2, 0.25) is 10.0 Å². The molecule has 7 heteroatoms. The molecule has 0 saturated heterocycles. The topological polar surface area (TPSA) is 58.4 Å². The lowest BCUT2D eigenvalue weighted by Gasteiger charge is -2.28. The molecule has 1 atom stereocenters. The second-order valence-electron chi connectivity index (χ2n) is 8.02. The molecule has 0 fully saturated rings. The van der Waals surface area contributed by atoms with Crippen molar-refractivity contribution in [3.63, 3.8) is 0 Å². The molecule has 4 rings (SSSR count). The van der Waals surface area contributed by atoms with E-state index in [-0.39, 0.29) is 17.6 Å². The molecule has 0 unspecified atom stereocenters. The normalized spacial score (nSPS) is 12.0. The van der Waals surface area contributed by atoms with Gasteiger partial charge in [-0.25, -0.2) is 4.98 Å². The van der Waals surface area contributed by atoms with Gasteiger partial charge in [-0.05, 0) is 35.7 Å². The van der Waals surface area contributed by atoms with E-state index in [2.05, 4.69) is 34.3 Å². The third kappa shape index (κ3) is 6.26. The van der Waals surface area contributed by atoms with E-state index in [1.54, 1.807) is 6.07 Å². The van der Waals surface area contributed by atoms with Gasteiger partial charge in [-0.1, -0.05) is 89.9 Å². The Morgan fingerprint density at radius 1 is 1.00 bits per heavy atom. The second-order valence-corrected chi connectivity index (χ2v) is 8.87. The Kier molecular flexibility index (Phi) is 8.01. The van der Waals surface area contributed by atoms with Crippen molar-refractivity contribution in [3.8, 4) is 0 Å². The molecule has 4 aromatic rings. The molecule has 1 N–H and O–H groups in total. The molecule has 1 heterocycles. The molecule has 174 valence electrons. The highest BCUT2D eigenvalue weighted by Gasteiger charge is 2.21. The molecular weight excluding hydrogens is 469 g/mol. The van der Waals surface area contributed by atoms with E-state index in [1.165, 1.54) is 6.26 Å². The molecule has 34 heavy (non-hydrogen) atoms. The summed E-state index contributed by atoms with van der Waals surface area (Å²) < 4.78 is 5.67. The number of nitrogens with zero attached hydrogens (tertiary/aromatic N) is 2. The van der Waals surface area contributed by atoms with Crippen LogP contribution in [0.5, 0.6) is 0 Å². The maximum atomic E-state index is 12.6. The summed E-state index contributed by atoms with van der Waals surface area (Å²) in [5, 5.41) is 4.07. The lowest BCUT2D eigenvalue weighted by molar-refractivity contribution is 0.0945. The van der Waals surface area contributed by atoms with Crippen LogP contribution >= 0.6 is 23.2 Å². The molecule has 3 aromatic carbocycles. The van der Waals surface area contributed by atoms with Crippen LogP contribution in [0, 0.1) is 0 Å². The highest BCUT2D eigenvalue weighted by molar-refractivity contribution is 6.35. The van der Waals surface area contributed by atoms with E-state index >= 15 is 0 Å². The highest BCUT2D eigenvalue weighted by atomic mass is 35.5. The van der Waals surface area contributed by atoms with Gasteiger partial charge in [-0.3, -0.25) is 9.69 Å². The zero-order chi connectivity index (χ0) is 23.9. The number of hydrogen-bond donors (Lipinski definition) is 1. The fraction of sp³-hybridized carbons (Fsp3) is 0.185. The van der Waals surface area contributed by atoms with Gasteiger partial charge in [0.2, 0.25) is 5.89 Å². The van der Waals surface area contributed by atoms with Crippen LogP contribution in [0.1, 0.15) is 46.0 Å². The predicted octanol–water partition coefficient (Wildman–Crippen LogP) is 6.67. The minimum atomic E-state index is -0.276. The van der Waals surface area contributed by atoms with Crippen molar-refractivity contribution in [1.82, 2.24) is 15.2 Å². The average molecular weight is 494 g/mol. The Balaban J connectivity index is 1.49. The van der Waals surface area contributed by atoms with Crippen LogP contribution < -0.4 is 5.32 Å². The summed E-state index contributed by atoms with van der Waals surface area (Å²) in [6.07, 6.45) is 1.40. The first-order valence-corrected chi connectivity index (χ1v) is 11.7. The smallest absolute Gasteiger partial charge is 0.273 e. The van der Waals surface area contributed by atoms with Crippen LogP contribution in [0.4, 0.5) is 0 Å². The zero-order valence-corrected chi connectivity index (χ0v) is 20.3. The summed E-state index contributed by atoms with van der Waals surface area (Å²) in [6.45, 7) is 3.51. The first-order chi connectivity index (χ1) is 16.5. The van der Waals surface area contributed by atoms with Gasteiger partial charge in [-0.15, -0.1) is 0 Å². The van der Waals surface area contributed by atoms with Crippen LogP contribution in [-0.2, 0) is 19.6 Å². The number of oxazole rings is 1. The Morgan fingerprint density at radius 2 is 1.71 bits per heavy atom. The maximum Gasteiger partial charge on any atom is 0.273 e. The van der Waals surface area contributed by atoms with E-state index < -0.39 is 0 Å². The van der Waals surface area contributed by atoms with Gasteiger partial charge >= 0.3 is 0 Å². The molecule has 1 aromatic heterocycles. The zero-order valence-electron chi connectivity index (χ0n) is 18.7. The van der Waals surface area contributed by atoms with Gasteiger partial charge in [0.1, 0.15) is 6.26 Å². The van der Waals surface area contributed by atoms with Gasteiger partial charge in [0.15, 0.2) is 5.69 Å². The summed E-state index contributed by atoms with van der Waals surface area (Å²) in [4.78, 5) is 19.2. The molecule has 0 saturated carbocycles. The number of nitrogens with one attached hydrogen (secondary N) is 1. The number of carbonyl (C=O) groups excluding carboxylic acids is 1. The van der Waals surface area contributed by atoms with Crippen LogP contribution in [0.25, 0.3) is 0 Å². The van der Waals surface area contributed by atoms with Gasteiger partial charge < -0.3 is 9.73 Å². The number of rotatable bonds is 9. The van der Waals surface area contributed by atoms with E-state index in [1.807, 2.05) is 60.7 Å². The first-order valence-electron chi connectivity index (χ1n) is 11.0. The van der Waals surface area contributed by atoms with Gasteiger partial charge in [0.05, 0.1) is 6.54 Å². The Labute approximate surface area is 209 Å². The van der Waals surface area contributed by atoms with Crippen molar-refractivity contribution in [1.29, 1.82) is 0 Å². The average Bonchev–Trinajstić information content (AvgIpc) is 3.33. The van der Waals surface area contributed by atoms with Crippen molar-refractivity contribution in [2.45, 2.75) is 32.6 Å². The molecule has 0 spiro atoms. The Hall–Kier alpha value is -3.12. The molecule has 0 aliphatic carbocycles. The van der Waals surface area contributed by atoms with Crippen LogP contribution in [0.15, 0.2) is 89.5 Å². The summed E-state index contributed by atoms with van der Waals surface area (Å²) in [5.41, 5.74) is 3.37. The SMILES string of the molecule is C[C@H](c1ccccc1)N(Cc1nc(C(=O)NCc2ccccc2)co1)Cc1ccc(Cl)cc1Cl. The number of aromatic nitrogens is 1. The summed E-state index contributed by atoms with van der Waals surface area (Å²) >= 11 is 12.5. The Morgan fingerprint density at radius 3 is 2.41 bits per heavy atom. The highest BCUT2D eigenvalue weighted by Crippen LogP contribution is 2.28. The predicted molar refractivity (Wildman–Crippen MR) is 135 cm³/mol. The van der Waals surface area contributed by atoms with Gasteiger partial charge in [0.25, 0.3) is 5.91 Å². The van der Waals surface area contributed by atoms with E-state index in [0.717, 1.165) is 16.7 Å². The molecule has 0 aliphatic heterocycles. The molecule has 1 amide bonds. The standard InChI is InChI=1S/C27H25Cl2N3O2/c1-19(21-10-6-3-7-11-21)32(16-22-12-13-23(28)14-24(22)29)17-26-31-25(18-34-26)27(33)30-15-20-8-4-2-5-9-20/h2-14,18-19H,15-17H2,1H3,(H,30,33)/t19-/m1/s1. The monoisotopic (exact) mass is 493 g/mol. The van der Waals surface area contributed by atoms with Gasteiger partial charge in [-0.2, -0.15) is 0 Å². The van der Waals surface area contributed by atoms with Gasteiger partial charge in [0, 0.05) is 29.2 Å². The summed E-state index contributed by atoms with van der Waals surface area (Å²) in [5.74, 6) is 0.181. The number of halogens is 2. The second kappa shape index (κ2) is 11.3. The number of benzene rings is 3. The fourth-order valence-electron chi connectivity index (χ4n) is 3.67. The third-order valence-electron chi connectivity index (χ3n) is 5.64. The minimum absolute atomic E-state index is 0.0511. The fourth-order valence-corrected chi connectivity index (χ4v) is 4.14. The molecule has 0 aliphatic rings. The largest absolute Gasteiger partial charge is 0.447 e. The van der Waals surface area contributed by atoms with Crippen LogP contribution in [-0.4, -0.2) is 15.8 Å².